The van der Waals surface area contributed by atoms with Crippen LogP contribution in [0.25, 0.3) is 0 Å². The number of ether oxygens (including phenoxy) is 1. The second-order valence-electron chi connectivity index (χ2n) is 10.6. The van der Waals surface area contributed by atoms with E-state index in [1.807, 2.05) is 54.6 Å². The topological polar surface area (TPSA) is 85.3 Å². The van der Waals surface area contributed by atoms with E-state index in [0.717, 1.165) is 31.6 Å². The molecule has 1 atom stereocenters. The Kier molecular flexibility index (Phi) is 8.20. The predicted molar refractivity (Wildman–Crippen MR) is 163 cm³/mol. The maximum Gasteiger partial charge on any atom is 0.255 e. The Morgan fingerprint density at radius 2 is 1.56 bits per heavy atom. The number of amides is 1. The molecule has 1 saturated heterocycles. The van der Waals surface area contributed by atoms with E-state index in [1.54, 1.807) is 28.6 Å². The summed E-state index contributed by atoms with van der Waals surface area (Å²) < 4.78 is 30.0. The summed E-state index contributed by atoms with van der Waals surface area (Å²) in [6.45, 7) is 4.03. The summed E-state index contributed by atoms with van der Waals surface area (Å²) in [7, 11) is -3.25. The van der Waals surface area contributed by atoms with Gasteiger partial charge in [0, 0.05) is 37.4 Å². The first-order valence-electron chi connectivity index (χ1n) is 13.9. The van der Waals surface area contributed by atoms with Crippen LogP contribution in [0, 0.1) is 0 Å². The van der Waals surface area contributed by atoms with Gasteiger partial charge in [0.1, 0.15) is 0 Å². The minimum Gasteiger partial charge on any atom is -0.378 e. The van der Waals surface area contributed by atoms with E-state index in [-0.39, 0.29) is 11.9 Å². The Balaban J connectivity index is 1.08. The summed E-state index contributed by atoms with van der Waals surface area (Å²) >= 11 is 0. The molecule has 41 heavy (non-hydrogen) atoms. The van der Waals surface area contributed by atoms with Crippen molar-refractivity contribution >= 4 is 22.4 Å². The lowest BCUT2D eigenvalue weighted by molar-refractivity contribution is 0.0273. The Morgan fingerprint density at radius 3 is 2.32 bits per heavy atom. The van der Waals surface area contributed by atoms with E-state index < -0.39 is 10.8 Å². The number of morpholine rings is 1. The van der Waals surface area contributed by atoms with Crippen LogP contribution in [-0.4, -0.2) is 50.5 Å². The molecule has 6 rings (SSSR count). The van der Waals surface area contributed by atoms with Crippen molar-refractivity contribution in [2.45, 2.75) is 30.4 Å². The van der Waals surface area contributed by atoms with Gasteiger partial charge in [0.2, 0.25) is 0 Å². The van der Waals surface area contributed by atoms with Gasteiger partial charge in [-0.25, -0.2) is 0 Å². The van der Waals surface area contributed by atoms with Crippen LogP contribution in [-0.2, 0) is 24.2 Å². The van der Waals surface area contributed by atoms with Crippen LogP contribution in [0.15, 0.2) is 108 Å². The standard InChI is InChI=1S/C33H35N3O4S/c37-33(28-12-10-25(11-13-28)22-35-19-18-26-6-4-5-9-29(26)23-35)34-30-14-16-31(17-15-30)41(38,39)36-20-21-40-24-32(36)27-7-2-1-3-8-27/h1-17,32,38-39H,18-24H2,(H,34,37). The van der Waals surface area contributed by atoms with Crippen LogP contribution in [0.4, 0.5) is 5.69 Å². The molecule has 8 heteroatoms. The first-order valence-corrected chi connectivity index (χ1v) is 15.4. The normalized spacial score (nSPS) is 18.4. The van der Waals surface area contributed by atoms with Crippen molar-refractivity contribution in [3.63, 3.8) is 0 Å². The van der Waals surface area contributed by atoms with E-state index >= 15 is 0 Å². The molecule has 4 aromatic carbocycles. The molecule has 0 aromatic heterocycles. The number of carbonyl (C=O) groups is 1. The van der Waals surface area contributed by atoms with Crippen molar-refractivity contribution in [1.82, 2.24) is 9.21 Å². The zero-order valence-electron chi connectivity index (χ0n) is 22.9. The summed E-state index contributed by atoms with van der Waals surface area (Å²) in [5, 5.41) is 2.93. The third kappa shape index (κ3) is 6.23. The van der Waals surface area contributed by atoms with E-state index in [0.29, 0.717) is 35.9 Å². The third-order valence-electron chi connectivity index (χ3n) is 7.85. The average Bonchev–Trinajstić information content (AvgIpc) is 3.02. The average molecular weight is 570 g/mol. The smallest absolute Gasteiger partial charge is 0.255 e. The molecule has 0 bridgehead atoms. The lowest BCUT2D eigenvalue weighted by Gasteiger charge is -2.48. The van der Waals surface area contributed by atoms with Gasteiger partial charge < -0.3 is 10.1 Å². The fourth-order valence-electron chi connectivity index (χ4n) is 5.60. The lowest BCUT2D eigenvalue weighted by Crippen LogP contribution is -2.41. The van der Waals surface area contributed by atoms with E-state index in [2.05, 4.69) is 34.5 Å². The molecule has 0 aliphatic carbocycles. The van der Waals surface area contributed by atoms with Crippen LogP contribution in [0.3, 0.4) is 0 Å². The highest BCUT2D eigenvalue weighted by Crippen LogP contribution is 2.55. The maximum absolute atomic E-state index is 12.9. The Hall–Kier alpha value is -3.50. The fraction of sp³-hybridized carbons (Fsp3) is 0.242. The minimum absolute atomic E-state index is 0.208. The van der Waals surface area contributed by atoms with Crippen molar-refractivity contribution in [3.05, 3.63) is 131 Å². The van der Waals surface area contributed by atoms with Crippen molar-refractivity contribution in [1.29, 1.82) is 0 Å². The van der Waals surface area contributed by atoms with Crippen LogP contribution < -0.4 is 5.32 Å². The molecule has 1 amide bonds. The minimum atomic E-state index is -3.25. The molecule has 7 nitrogen and oxygen atoms in total. The fourth-order valence-corrected chi connectivity index (χ4v) is 7.24. The summed E-state index contributed by atoms with van der Waals surface area (Å²) in [6.07, 6.45) is 1.06. The highest BCUT2D eigenvalue weighted by molar-refractivity contribution is 8.22. The molecule has 212 valence electrons. The zero-order valence-corrected chi connectivity index (χ0v) is 23.7. The SMILES string of the molecule is O=C(Nc1ccc(S(O)(O)N2CCOCC2c2ccccc2)cc1)c1ccc(CN2CCc3ccccc3C2)cc1. The van der Waals surface area contributed by atoms with Crippen molar-refractivity contribution in [2.24, 2.45) is 0 Å². The van der Waals surface area contributed by atoms with Crippen LogP contribution in [0.1, 0.15) is 38.7 Å². The molecule has 1 fully saturated rings. The Bertz CT molecular complexity index is 1480. The molecule has 2 aliphatic rings. The van der Waals surface area contributed by atoms with Gasteiger partial charge in [-0.3, -0.25) is 18.8 Å². The Morgan fingerprint density at radius 1 is 0.854 bits per heavy atom. The number of hydrogen-bond acceptors (Lipinski definition) is 6. The Labute approximate surface area is 242 Å². The monoisotopic (exact) mass is 569 g/mol. The van der Waals surface area contributed by atoms with Crippen molar-refractivity contribution in [2.75, 3.05) is 31.6 Å². The molecule has 0 saturated carbocycles. The van der Waals surface area contributed by atoms with Crippen molar-refractivity contribution < 1.29 is 18.6 Å². The summed E-state index contributed by atoms with van der Waals surface area (Å²) in [6, 6.07) is 32.6. The van der Waals surface area contributed by atoms with Crippen LogP contribution >= 0.6 is 10.8 Å². The maximum atomic E-state index is 12.9. The molecule has 0 spiro atoms. The summed E-state index contributed by atoms with van der Waals surface area (Å²) in [4.78, 5) is 15.8. The second-order valence-corrected chi connectivity index (χ2v) is 12.5. The van der Waals surface area contributed by atoms with Gasteiger partial charge in [0.15, 0.2) is 0 Å². The number of anilines is 1. The van der Waals surface area contributed by atoms with Crippen molar-refractivity contribution in [3.8, 4) is 0 Å². The molecule has 1 unspecified atom stereocenters. The quantitative estimate of drug-likeness (QED) is 0.233. The second kappa shape index (κ2) is 12.2. The largest absolute Gasteiger partial charge is 0.378 e. The molecule has 3 N–H and O–H groups in total. The lowest BCUT2D eigenvalue weighted by atomic mass is 9.99. The molecule has 2 aliphatic heterocycles. The van der Waals surface area contributed by atoms with Gasteiger partial charge in [-0.1, -0.05) is 66.7 Å². The number of benzene rings is 4. The van der Waals surface area contributed by atoms with Crippen LogP contribution in [0.2, 0.25) is 0 Å². The summed E-state index contributed by atoms with van der Waals surface area (Å²) in [5.41, 5.74) is 6.14. The third-order valence-corrected chi connectivity index (χ3v) is 9.85. The number of fused-ring (bicyclic) bond motifs is 1. The first-order chi connectivity index (χ1) is 20.0. The summed E-state index contributed by atoms with van der Waals surface area (Å²) in [5.74, 6) is -0.208. The highest BCUT2D eigenvalue weighted by Gasteiger charge is 2.35. The predicted octanol–water partition coefficient (Wildman–Crippen LogP) is 6.60. The molecular weight excluding hydrogens is 534 g/mol. The van der Waals surface area contributed by atoms with E-state index in [9.17, 15) is 13.9 Å². The molecule has 4 aromatic rings. The zero-order chi connectivity index (χ0) is 28.2. The van der Waals surface area contributed by atoms with Gasteiger partial charge >= 0.3 is 0 Å². The molecule has 2 heterocycles. The van der Waals surface area contributed by atoms with Crippen LogP contribution in [0.5, 0.6) is 0 Å². The van der Waals surface area contributed by atoms with E-state index in [1.165, 1.54) is 16.7 Å². The van der Waals surface area contributed by atoms with Gasteiger partial charge in [0.25, 0.3) is 5.91 Å². The number of nitrogens with zero attached hydrogens (tertiary/aromatic N) is 2. The molecule has 0 radical (unpaired) electrons. The number of nitrogens with one attached hydrogen (secondary N) is 1. The van der Waals surface area contributed by atoms with E-state index in [4.69, 9.17) is 4.74 Å². The highest BCUT2D eigenvalue weighted by atomic mass is 32.3. The van der Waals surface area contributed by atoms with Gasteiger partial charge in [-0.05, 0) is 65.1 Å². The first kappa shape index (κ1) is 27.7. The number of hydrogen-bond donors (Lipinski definition) is 3. The van der Waals surface area contributed by atoms with Gasteiger partial charge in [-0.2, -0.15) is 4.31 Å². The van der Waals surface area contributed by atoms with Gasteiger partial charge in [0.05, 0.1) is 24.2 Å². The number of carbonyl (C=O) groups excluding carboxylic acids is 1. The number of rotatable bonds is 7. The van der Waals surface area contributed by atoms with Gasteiger partial charge in [-0.15, -0.1) is 10.8 Å². The molecular formula is C33H35N3O4S.